The van der Waals surface area contributed by atoms with E-state index in [0.717, 1.165) is 27.7 Å². The maximum Gasteiger partial charge on any atom is 0.225 e. The van der Waals surface area contributed by atoms with Gasteiger partial charge in [-0.2, -0.15) is 0 Å². The highest BCUT2D eigenvalue weighted by Gasteiger charge is 2.28. The zero-order valence-electron chi connectivity index (χ0n) is 13.7. The minimum atomic E-state index is -0.140. The number of nitrogens with zero attached hydrogens (tertiary/aromatic N) is 1. The molecule has 0 fully saturated rings. The third kappa shape index (κ3) is 2.85. The summed E-state index contributed by atoms with van der Waals surface area (Å²) in [5.74, 6) is -0.208. The summed E-state index contributed by atoms with van der Waals surface area (Å²) in [6, 6.07) is 15.6. The highest BCUT2D eigenvalue weighted by Crippen LogP contribution is 2.40. The van der Waals surface area contributed by atoms with Gasteiger partial charge in [-0.1, -0.05) is 24.3 Å². The Labute approximate surface area is 145 Å². The average Bonchev–Trinajstić information content (AvgIpc) is 2.59. The van der Waals surface area contributed by atoms with Gasteiger partial charge in [-0.05, 0) is 35.4 Å². The monoisotopic (exact) mass is 331 g/mol. The SMILES string of the molecule is CC(=O)Nc1ccc2c(c1)NC(=O)C[C@H]2c1ccnc2ccccc12. The molecule has 5 nitrogen and oxygen atoms in total. The molecule has 124 valence electrons. The van der Waals surface area contributed by atoms with Crippen molar-refractivity contribution in [2.45, 2.75) is 19.3 Å². The topological polar surface area (TPSA) is 71.1 Å². The molecule has 4 rings (SSSR count). The van der Waals surface area contributed by atoms with Gasteiger partial charge in [0.1, 0.15) is 0 Å². The second-order valence-electron chi connectivity index (χ2n) is 6.21. The summed E-state index contributed by atoms with van der Waals surface area (Å²) in [7, 11) is 0. The van der Waals surface area contributed by atoms with Crippen LogP contribution < -0.4 is 10.6 Å². The van der Waals surface area contributed by atoms with Gasteiger partial charge in [-0.25, -0.2) is 0 Å². The molecule has 0 bridgehead atoms. The predicted molar refractivity (Wildman–Crippen MR) is 97.6 cm³/mol. The fourth-order valence-electron chi connectivity index (χ4n) is 3.45. The molecule has 0 saturated carbocycles. The molecule has 25 heavy (non-hydrogen) atoms. The molecule has 0 spiro atoms. The number of fused-ring (bicyclic) bond motifs is 2. The molecular formula is C20H17N3O2. The number of hydrogen-bond donors (Lipinski definition) is 2. The number of amides is 2. The van der Waals surface area contributed by atoms with Crippen LogP contribution in [0.4, 0.5) is 11.4 Å². The van der Waals surface area contributed by atoms with Gasteiger partial charge in [0.05, 0.1) is 5.52 Å². The minimum Gasteiger partial charge on any atom is -0.326 e. The number of para-hydroxylation sites is 1. The van der Waals surface area contributed by atoms with E-state index in [9.17, 15) is 9.59 Å². The molecule has 1 aromatic heterocycles. The molecule has 3 aromatic rings. The lowest BCUT2D eigenvalue weighted by Crippen LogP contribution is -2.24. The summed E-state index contributed by atoms with van der Waals surface area (Å²) in [5, 5.41) is 6.73. The van der Waals surface area contributed by atoms with E-state index in [1.54, 1.807) is 6.20 Å². The lowest BCUT2D eigenvalue weighted by Gasteiger charge is -2.27. The number of hydrogen-bond acceptors (Lipinski definition) is 3. The number of nitrogens with one attached hydrogen (secondary N) is 2. The molecule has 5 heteroatoms. The lowest BCUT2D eigenvalue weighted by atomic mass is 9.83. The Morgan fingerprint density at radius 3 is 2.84 bits per heavy atom. The molecule has 2 aromatic carbocycles. The summed E-state index contributed by atoms with van der Waals surface area (Å²) in [5.41, 5.74) is 4.47. The van der Waals surface area contributed by atoms with Gasteiger partial charge in [0.15, 0.2) is 0 Å². The van der Waals surface area contributed by atoms with Crippen LogP contribution in [0, 0.1) is 0 Å². The fourth-order valence-corrected chi connectivity index (χ4v) is 3.45. The molecule has 0 saturated heterocycles. The van der Waals surface area contributed by atoms with Crippen LogP contribution in [0.2, 0.25) is 0 Å². The number of pyridine rings is 1. The largest absolute Gasteiger partial charge is 0.326 e. The van der Waals surface area contributed by atoms with Crippen LogP contribution in [-0.4, -0.2) is 16.8 Å². The van der Waals surface area contributed by atoms with Crippen LogP contribution in [0.1, 0.15) is 30.4 Å². The standard InChI is InChI=1S/C20H17N3O2/c1-12(24)22-13-6-7-16-17(11-20(25)23-19(16)10-13)14-8-9-21-18-5-3-2-4-15(14)18/h2-10,17H,11H2,1H3,(H,22,24)(H,23,25)/t17-/m0/s1. The van der Waals surface area contributed by atoms with E-state index in [1.165, 1.54) is 6.92 Å². The molecule has 2 amide bonds. The van der Waals surface area contributed by atoms with Gasteiger partial charge in [-0.15, -0.1) is 0 Å². The first-order valence-electron chi connectivity index (χ1n) is 8.17. The van der Waals surface area contributed by atoms with Crippen molar-refractivity contribution < 1.29 is 9.59 Å². The maximum absolute atomic E-state index is 12.3. The van der Waals surface area contributed by atoms with E-state index in [1.807, 2.05) is 48.5 Å². The molecule has 1 aliphatic heterocycles. The minimum absolute atomic E-state index is 0.0293. The van der Waals surface area contributed by atoms with E-state index in [0.29, 0.717) is 12.1 Å². The van der Waals surface area contributed by atoms with Gasteiger partial charge >= 0.3 is 0 Å². The molecule has 2 heterocycles. The molecule has 2 N–H and O–H groups in total. The van der Waals surface area contributed by atoms with E-state index in [2.05, 4.69) is 15.6 Å². The van der Waals surface area contributed by atoms with Gasteiger partial charge in [0, 0.05) is 42.2 Å². The highest BCUT2D eigenvalue weighted by atomic mass is 16.2. The van der Waals surface area contributed by atoms with E-state index in [4.69, 9.17) is 0 Å². The van der Waals surface area contributed by atoms with Crippen molar-refractivity contribution in [1.82, 2.24) is 4.98 Å². The van der Waals surface area contributed by atoms with Crippen molar-refractivity contribution in [2.24, 2.45) is 0 Å². The number of carbonyl (C=O) groups is 2. The smallest absolute Gasteiger partial charge is 0.225 e. The van der Waals surface area contributed by atoms with E-state index < -0.39 is 0 Å². The molecule has 0 unspecified atom stereocenters. The van der Waals surface area contributed by atoms with Crippen LogP contribution >= 0.6 is 0 Å². The molecule has 0 aliphatic carbocycles. The first kappa shape index (κ1) is 15.3. The van der Waals surface area contributed by atoms with E-state index >= 15 is 0 Å². The summed E-state index contributed by atoms with van der Waals surface area (Å²) in [4.78, 5) is 27.9. The van der Waals surface area contributed by atoms with Crippen LogP contribution in [0.25, 0.3) is 10.9 Å². The van der Waals surface area contributed by atoms with Crippen LogP contribution in [0.3, 0.4) is 0 Å². The van der Waals surface area contributed by atoms with E-state index in [-0.39, 0.29) is 17.7 Å². The van der Waals surface area contributed by atoms with Crippen molar-refractivity contribution >= 4 is 34.1 Å². The van der Waals surface area contributed by atoms with Crippen LogP contribution in [0.15, 0.2) is 54.7 Å². The van der Waals surface area contributed by atoms with Crippen molar-refractivity contribution in [2.75, 3.05) is 10.6 Å². The Kier molecular flexibility index (Phi) is 3.69. The summed E-state index contributed by atoms with van der Waals surface area (Å²) < 4.78 is 0. The Bertz CT molecular complexity index is 992. The Morgan fingerprint density at radius 2 is 2.00 bits per heavy atom. The predicted octanol–water partition coefficient (Wildman–Crippen LogP) is 3.67. The lowest BCUT2D eigenvalue weighted by molar-refractivity contribution is -0.116. The van der Waals surface area contributed by atoms with Crippen LogP contribution in [0.5, 0.6) is 0 Å². The fraction of sp³-hybridized carbons (Fsp3) is 0.150. The molecular weight excluding hydrogens is 314 g/mol. The highest BCUT2D eigenvalue weighted by molar-refractivity contribution is 5.98. The normalized spacial score (nSPS) is 16.2. The average molecular weight is 331 g/mol. The van der Waals surface area contributed by atoms with Gasteiger partial charge in [0.2, 0.25) is 11.8 Å². The zero-order chi connectivity index (χ0) is 17.4. The quantitative estimate of drug-likeness (QED) is 0.753. The molecule has 1 aliphatic rings. The number of benzene rings is 2. The first-order valence-corrected chi connectivity index (χ1v) is 8.17. The number of aromatic nitrogens is 1. The van der Waals surface area contributed by atoms with Gasteiger partial charge < -0.3 is 10.6 Å². The Balaban J connectivity index is 1.84. The second-order valence-corrected chi connectivity index (χ2v) is 6.21. The van der Waals surface area contributed by atoms with Crippen molar-refractivity contribution in [1.29, 1.82) is 0 Å². The van der Waals surface area contributed by atoms with Crippen LogP contribution in [-0.2, 0) is 9.59 Å². The molecule has 1 atom stereocenters. The maximum atomic E-state index is 12.3. The Hall–Kier alpha value is -3.21. The third-order valence-corrected chi connectivity index (χ3v) is 4.47. The number of anilines is 2. The first-order chi connectivity index (χ1) is 12.1. The summed E-state index contributed by atoms with van der Waals surface area (Å²) in [6.07, 6.45) is 2.18. The molecule has 0 radical (unpaired) electrons. The Morgan fingerprint density at radius 1 is 1.16 bits per heavy atom. The van der Waals surface area contributed by atoms with Crippen molar-refractivity contribution in [3.8, 4) is 0 Å². The second kappa shape index (κ2) is 6.02. The van der Waals surface area contributed by atoms with Crippen molar-refractivity contribution in [3.05, 3.63) is 65.9 Å². The summed E-state index contributed by atoms with van der Waals surface area (Å²) >= 11 is 0. The number of rotatable bonds is 2. The zero-order valence-corrected chi connectivity index (χ0v) is 13.7. The third-order valence-electron chi connectivity index (χ3n) is 4.47. The van der Waals surface area contributed by atoms with Crippen molar-refractivity contribution in [3.63, 3.8) is 0 Å². The van der Waals surface area contributed by atoms with Gasteiger partial charge in [-0.3, -0.25) is 14.6 Å². The van der Waals surface area contributed by atoms with Gasteiger partial charge in [0.25, 0.3) is 0 Å². The number of carbonyl (C=O) groups excluding carboxylic acids is 2. The summed E-state index contributed by atoms with van der Waals surface area (Å²) in [6.45, 7) is 1.46.